The van der Waals surface area contributed by atoms with Crippen molar-refractivity contribution < 1.29 is 4.79 Å². The molecular formula is C17H18ClNO. The number of alkyl halides is 1. The zero-order chi connectivity index (χ0) is 14.4. The third kappa shape index (κ3) is 3.84. The summed E-state index contributed by atoms with van der Waals surface area (Å²) in [5.74, 6) is 0.514. The van der Waals surface area contributed by atoms with E-state index in [4.69, 9.17) is 11.6 Å². The fourth-order valence-corrected chi connectivity index (χ4v) is 2.18. The van der Waals surface area contributed by atoms with E-state index in [2.05, 4.69) is 12.1 Å². The lowest BCUT2D eigenvalue weighted by atomic mass is 10.1. The molecule has 0 saturated heterocycles. The van der Waals surface area contributed by atoms with Crippen LogP contribution in [0.1, 0.15) is 21.5 Å². The Balaban J connectivity index is 1.94. The average Bonchev–Trinajstić information content (AvgIpc) is 2.53. The lowest BCUT2D eigenvalue weighted by Gasteiger charge is -2.17. The molecule has 2 aromatic carbocycles. The number of rotatable bonds is 5. The second kappa shape index (κ2) is 7.11. The Hall–Kier alpha value is -1.80. The number of carbonyl (C=O) groups is 1. The van der Waals surface area contributed by atoms with Crippen molar-refractivity contribution in [2.24, 2.45) is 0 Å². The Labute approximate surface area is 125 Å². The molecule has 2 aromatic rings. The number of likely N-dealkylation sites (N-methyl/N-ethyl adjacent to an activating group) is 1. The Morgan fingerprint density at radius 3 is 2.25 bits per heavy atom. The van der Waals surface area contributed by atoms with Gasteiger partial charge in [-0.15, -0.1) is 11.6 Å². The highest BCUT2D eigenvalue weighted by molar-refractivity contribution is 6.17. The van der Waals surface area contributed by atoms with Crippen LogP contribution in [-0.2, 0) is 12.3 Å². The van der Waals surface area contributed by atoms with E-state index >= 15 is 0 Å². The van der Waals surface area contributed by atoms with E-state index in [1.54, 1.807) is 4.90 Å². The third-order valence-corrected chi connectivity index (χ3v) is 3.59. The SMILES string of the molecule is CN(CCc1ccccc1)C(=O)c1ccc(CCl)cc1. The molecule has 0 saturated carbocycles. The number of benzene rings is 2. The van der Waals surface area contributed by atoms with E-state index in [-0.39, 0.29) is 5.91 Å². The summed E-state index contributed by atoms with van der Waals surface area (Å²) in [7, 11) is 1.83. The Bertz CT molecular complexity index is 551. The highest BCUT2D eigenvalue weighted by atomic mass is 35.5. The second-order valence-corrected chi connectivity index (χ2v) is 5.06. The van der Waals surface area contributed by atoms with Gasteiger partial charge in [0.2, 0.25) is 0 Å². The summed E-state index contributed by atoms with van der Waals surface area (Å²) < 4.78 is 0. The topological polar surface area (TPSA) is 20.3 Å². The van der Waals surface area contributed by atoms with Crippen molar-refractivity contribution in [3.05, 3.63) is 71.3 Å². The lowest BCUT2D eigenvalue weighted by molar-refractivity contribution is 0.0796. The first-order valence-electron chi connectivity index (χ1n) is 6.65. The minimum absolute atomic E-state index is 0.0436. The Morgan fingerprint density at radius 1 is 1.00 bits per heavy atom. The van der Waals surface area contributed by atoms with Gasteiger partial charge >= 0.3 is 0 Å². The first-order valence-corrected chi connectivity index (χ1v) is 7.18. The van der Waals surface area contributed by atoms with E-state index in [9.17, 15) is 4.79 Å². The van der Waals surface area contributed by atoms with Gasteiger partial charge in [-0.05, 0) is 29.7 Å². The molecular weight excluding hydrogens is 270 g/mol. The number of halogens is 1. The molecule has 0 atom stereocenters. The fourth-order valence-electron chi connectivity index (χ4n) is 2.00. The monoisotopic (exact) mass is 287 g/mol. The van der Waals surface area contributed by atoms with Crippen LogP contribution in [0.3, 0.4) is 0 Å². The molecule has 3 heteroatoms. The first-order chi connectivity index (χ1) is 9.70. The van der Waals surface area contributed by atoms with Gasteiger partial charge in [-0.25, -0.2) is 0 Å². The summed E-state index contributed by atoms with van der Waals surface area (Å²) in [5.41, 5.74) is 2.97. The van der Waals surface area contributed by atoms with Crippen LogP contribution in [0.2, 0.25) is 0 Å². The van der Waals surface area contributed by atoms with Gasteiger partial charge in [0, 0.05) is 25.0 Å². The molecule has 0 aliphatic heterocycles. The van der Waals surface area contributed by atoms with E-state index < -0.39 is 0 Å². The summed E-state index contributed by atoms with van der Waals surface area (Å²) in [6.07, 6.45) is 0.864. The minimum atomic E-state index is 0.0436. The number of amides is 1. The highest BCUT2D eigenvalue weighted by Crippen LogP contribution is 2.09. The average molecular weight is 288 g/mol. The van der Waals surface area contributed by atoms with Gasteiger partial charge in [-0.2, -0.15) is 0 Å². The highest BCUT2D eigenvalue weighted by Gasteiger charge is 2.11. The molecule has 0 fully saturated rings. The predicted octanol–water partition coefficient (Wildman–Crippen LogP) is 3.74. The molecule has 0 aliphatic rings. The number of nitrogens with zero attached hydrogens (tertiary/aromatic N) is 1. The first kappa shape index (κ1) is 14.6. The molecule has 2 rings (SSSR count). The Morgan fingerprint density at radius 2 is 1.65 bits per heavy atom. The summed E-state index contributed by atoms with van der Waals surface area (Å²) in [6.45, 7) is 0.708. The summed E-state index contributed by atoms with van der Waals surface area (Å²) in [4.78, 5) is 14.0. The summed E-state index contributed by atoms with van der Waals surface area (Å²) in [5, 5.41) is 0. The van der Waals surface area contributed by atoms with Crippen LogP contribution in [0, 0.1) is 0 Å². The van der Waals surface area contributed by atoms with Gasteiger partial charge in [0.05, 0.1) is 0 Å². The lowest BCUT2D eigenvalue weighted by Crippen LogP contribution is -2.28. The number of hydrogen-bond acceptors (Lipinski definition) is 1. The minimum Gasteiger partial charge on any atom is -0.341 e. The molecule has 0 bridgehead atoms. The van der Waals surface area contributed by atoms with Crippen molar-refractivity contribution >= 4 is 17.5 Å². The van der Waals surface area contributed by atoms with Crippen molar-refractivity contribution in [3.63, 3.8) is 0 Å². The molecule has 20 heavy (non-hydrogen) atoms. The zero-order valence-corrected chi connectivity index (χ0v) is 12.3. The van der Waals surface area contributed by atoms with Gasteiger partial charge in [-0.1, -0.05) is 42.5 Å². The second-order valence-electron chi connectivity index (χ2n) is 4.79. The maximum Gasteiger partial charge on any atom is 0.253 e. The summed E-state index contributed by atoms with van der Waals surface area (Å²) >= 11 is 5.74. The van der Waals surface area contributed by atoms with E-state index in [0.29, 0.717) is 18.0 Å². The molecule has 0 aliphatic carbocycles. The molecule has 0 unspecified atom stereocenters. The number of hydrogen-bond donors (Lipinski definition) is 0. The molecule has 1 amide bonds. The predicted molar refractivity (Wildman–Crippen MR) is 83.1 cm³/mol. The van der Waals surface area contributed by atoms with Crippen LogP contribution in [0.4, 0.5) is 0 Å². The van der Waals surface area contributed by atoms with Gasteiger partial charge < -0.3 is 4.90 Å². The van der Waals surface area contributed by atoms with Crippen molar-refractivity contribution in [1.29, 1.82) is 0 Å². The smallest absolute Gasteiger partial charge is 0.253 e. The van der Waals surface area contributed by atoms with Crippen LogP contribution in [0.25, 0.3) is 0 Å². The molecule has 0 radical (unpaired) electrons. The molecule has 0 heterocycles. The van der Waals surface area contributed by atoms with Crippen molar-refractivity contribution in [3.8, 4) is 0 Å². The molecule has 2 nitrogen and oxygen atoms in total. The molecule has 0 aromatic heterocycles. The molecule has 0 N–H and O–H groups in total. The normalized spacial score (nSPS) is 10.3. The largest absolute Gasteiger partial charge is 0.341 e. The van der Waals surface area contributed by atoms with Crippen LogP contribution in [0.15, 0.2) is 54.6 Å². The quantitative estimate of drug-likeness (QED) is 0.767. The van der Waals surface area contributed by atoms with Crippen molar-refractivity contribution in [1.82, 2.24) is 4.90 Å². The third-order valence-electron chi connectivity index (χ3n) is 3.28. The summed E-state index contributed by atoms with van der Waals surface area (Å²) in [6, 6.07) is 17.6. The van der Waals surface area contributed by atoms with E-state index in [1.807, 2.05) is 49.5 Å². The van der Waals surface area contributed by atoms with E-state index in [0.717, 1.165) is 12.0 Å². The molecule has 104 valence electrons. The molecule has 0 spiro atoms. The van der Waals surface area contributed by atoms with Crippen LogP contribution in [0.5, 0.6) is 0 Å². The maximum absolute atomic E-state index is 12.3. The van der Waals surface area contributed by atoms with Crippen LogP contribution >= 0.6 is 11.6 Å². The van der Waals surface area contributed by atoms with Crippen LogP contribution in [-0.4, -0.2) is 24.4 Å². The fraction of sp³-hybridized carbons (Fsp3) is 0.235. The van der Waals surface area contributed by atoms with Crippen molar-refractivity contribution in [2.45, 2.75) is 12.3 Å². The zero-order valence-electron chi connectivity index (χ0n) is 11.6. The van der Waals surface area contributed by atoms with Gasteiger partial charge in [-0.3, -0.25) is 4.79 Å². The van der Waals surface area contributed by atoms with Crippen molar-refractivity contribution in [2.75, 3.05) is 13.6 Å². The van der Waals surface area contributed by atoms with Gasteiger partial charge in [0.1, 0.15) is 0 Å². The van der Waals surface area contributed by atoms with E-state index in [1.165, 1.54) is 5.56 Å². The van der Waals surface area contributed by atoms with Crippen LogP contribution < -0.4 is 0 Å². The standard InChI is InChI=1S/C17H18ClNO/c1-19(12-11-14-5-3-2-4-6-14)17(20)16-9-7-15(13-18)8-10-16/h2-10H,11-13H2,1H3. The van der Waals surface area contributed by atoms with Gasteiger partial charge in [0.15, 0.2) is 0 Å². The Kier molecular flexibility index (Phi) is 5.19. The number of carbonyl (C=O) groups excluding carboxylic acids is 1. The van der Waals surface area contributed by atoms with Gasteiger partial charge in [0.25, 0.3) is 5.91 Å². The maximum atomic E-state index is 12.3.